The van der Waals surface area contributed by atoms with E-state index in [1.54, 1.807) is 24.3 Å². The van der Waals surface area contributed by atoms with Crippen molar-refractivity contribution in [3.05, 3.63) is 54.6 Å². The molecule has 1 amide bonds. The molecule has 0 radical (unpaired) electrons. The van der Waals surface area contributed by atoms with Gasteiger partial charge in [0.1, 0.15) is 17.5 Å². The van der Waals surface area contributed by atoms with Crippen molar-refractivity contribution in [3.63, 3.8) is 0 Å². The van der Waals surface area contributed by atoms with Crippen LogP contribution in [0.5, 0.6) is 11.5 Å². The Morgan fingerprint density at radius 2 is 1.85 bits per heavy atom. The summed E-state index contributed by atoms with van der Waals surface area (Å²) in [6.07, 6.45) is 0.555. The van der Waals surface area contributed by atoms with Crippen molar-refractivity contribution in [1.82, 2.24) is 10.4 Å². The third-order valence-corrected chi connectivity index (χ3v) is 5.76. The summed E-state index contributed by atoms with van der Waals surface area (Å²) in [7, 11) is -3.75. The molecule has 2 N–H and O–H groups in total. The Morgan fingerprint density at radius 3 is 2.62 bits per heavy atom. The molecule has 1 heterocycles. The van der Waals surface area contributed by atoms with Gasteiger partial charge in [0.2, 0.25) is 0 Å². The molecule has 2 aromatic carbocycles. The molecule has 0 unspecified atom stereocenters. The highest BCUT2D eigenvalue weighted by Crippen LogP contribution is 2.24. The molecule has 3 rings (SSSR count). The monoisotopic (exact) mass is 376 g/mol. The molecular formula is C18H20N2O5S. The van der Waals surface area contributed by atoms with Crippen LogP contribution in [0.25, 0.3) is 0 Å². The summed E-state index contributed by atoms with van der Waals surface area (Å²) in [6.45, 7) is 0.642. The van der Waals surface area contributed by atoms with Gasteiger partial charge in [-0.25, -0.2) is 13.5 Å². The van der Waals surface area contributed by atoms with E-state index < -0.39 is 27.5 Å². The number of hydrogen-bond donors (Lipinski definition) is 2. The predicted molar refractivity (Wildman–Crippen MR) is 94.9 cm³/mol. The van der Waals surface area contributed by atoms with Gasteiger partial charge in [-0.3, -0.25) is 10.0 Å². The fourth-order valence-electron chi connectivity index (χ4n) is 2.68. The highest BCUT2D eigenvalue weighted by molar-refractivity contribution is 7.91. The maximum Gasteiger partial charge on any atom is 0.264 e. The van der Waals surface area contributed by atoms with E-state index in [0.29, 0.717) is 29.5 Å². The number of carbonyl (C=O) groups is 1. The molecular weight excluding hydrogens is 356 g/mol. The number of para-hydroxylation sites is 1. The van der Waals surface area contributed by atoms with Crippen LogP contribution < -0.4 is 10.1 Å². The predicted octanol–water partition coefficient (Wildman–Crippen LogP) is 1.83. The standard InChI is InChI=1S/C18H20N2O5S/c21-18-17(19-10-5-11-20(18)22)13-26(23,24)16-9-4-8-15(12-16)25-14-6-2-1-3-7-14/h1-4,6-9,12,17,19,22H,5,10-11,13H2/t17-/m0/s1. The third kappa shape index (κ3) is 4.40. The van der Waals surface area contributed by atoms with Crippen LogP contribution in [0.2, 0.25) is 0 Å². The van der Waals surface area contributed by atoms with Crippen LogP contribution in [0.1, 0.15) is 6.42 Å². The van der Waals surface area contributed by atoms with E-state index in [1.807, 2.05) is 18.2 Å². The molecule has 2 aromatic rings. The number of carbonyl (C=O) groups excluding carboxylic acids is 1. The Balaban J connectivity index is 1.78. The Bertz CT molecular complexity index is 870. The molecule has 1 aliphatic rings. The molecule has 1 aliphatic heterocycles. The first-order valence-electron chi connectivity index (χ1n) is 8.25. The first-order valence-corrected chi connectivity index (χ1v) is 9.90. The average molecular weight is 376 g/mol. The van der Waals surface area contributed by atoms with Crippen LogP contribution >= 0.6 is 0 Å². The summed E-state index contributed by atoms with van der Waals surface area (Å²) in [5.41, 5.74) is 0. The zero-order chi connectivity index (χ0) is 18.6. The smallest absolute Gasteiger partial charge is 0.264 e. The molecule has 0 saturated carbocycles. The number of nitrogens with one attached hydrogen (secondary N) is 1. The molecule has 0 spiro atoms. The molecule has 26 heavy (non-hydrogen) atoms. The number of hydroxylamine groups is 2. The number of sulfone groups is 1. The van der Waals surface area contributed by atoms with Crippen LogP contribution in [0.4, 0.5) is 0 Å². The number of nitrogens with zero attached hydrogens (tertiary/aromatic N) is 1. The van der Waals surface area contributed by atoms with Gasteiger partial charge in [0.15, 0.2) is 9.84 Å². The average Bonchev–Trinajstić information content (AvgIpc) is 2.78. The van der Waals surface area contributed by atoms with Gasteiger partial charge in [-0.1, -0.05) is 24.3 Å². The van der Waals surface area contributed by atoms with Crippen LogP contribution in [0, 0.1) is 0 Å². The molecule has 1 atom stereocenters. The normalized spacial score (nSPS) is 18.4. The molecule has 0 aliphatic carbocycles. The number of amides is 1. The zero-order valence-electron chi connectivity index (χ0n) is 14.0. The Kier molecular flexibility index (Phi) is 5.55. The van der Waals surface area contributed by atoms with E-state index in [1.165, 1.54) is 12.1 Å². The maximum absolute atomic E-state index is 12.7. The molecule has 0 bridgehead atoms. The summed E-state index contributed by atoms with van der Waals surface area (Å²) in [4.78, 5) is 12.2. The van der Waals surface area contributed by atoms with Crippen molar-refractivity contribution < 1.29 is 23.2 Å². The molecule has 1 fully saturated rings. The Labute approximate surface area is 152 Å². The van der Waals surface area contributed by atoms with Crippen LogP contribution in [-0.4, -0.2) is 49.5 Å². The van der Waals surface area contributed by atoms with Gasteiger partial charge in [-0.15, -0.1) is 0 Å². The summed E-state index contributed by atoms with van der Waals surface area (Å²) in [6, 6.07) is 14.2. The van der Waals surface area contributed by atoms with E-state index >= 15 is 0 Å². The van der Waals surface area contributed by atoms with Gasteiger partial charge in [-0.05, 0) is 43.3 Å². The molecule has 0 aromatic heterocycles. The van der Waals surface area contributed by atoms with Crippen LogP contribution in [-0.2, 0) is 14.6 Å². The highest BCUT2D eigenvalue weighted by Gasteiger charge is 2.31. The van der Waals surface area contributed by atoms with Gasteiger partial charge in [-0.2, -0.15) is 0 Å². The van der Waals surface area contributed by atoms with Gasteiger partial charge < -0.3 is 10.1 Å². The largest absolute Gasteiger partial charge is 0.457 e. The summed E-state index contributed by atoms with van der Waals surface area (Å²) < 4.78 is 31.1. The lowest BCUT2D eigenvalue weighted by molar-refractivity contribution is -0.165. The minimum atomic E-state index is -3.75. The van der Waals surface area contributed by atoms with E-state index in [2.05, 4.69) is 5.32 Å². The van der Waals surface area contributed by atoms with Crippen molar-refractivity contribution in [2.75, 3.05) is 18.8 Å². The lowest BCUT2D eigenvalue weighted by Crippen LogP contribution is -2.46. The second-order valence-corrected chi connectivity index (χ2v) is 8.03. The van der Waals surface area contributed by atoms with Gasteiger partial charge in [0.25, 0.3) is 5.91 Å². The van der Waals surface area contributed by atoms with E-state index in [-0.39, 0.29) is 11.4 Å². The van der Waals surface area contributed by atoms with Crippen molar-refractivity contribution in [3.8, 4) is 11.5 Å². The lowest BCUT2D eigenvalue weighted by atomic mass is 10.3. The second kappa shape index (κ2) is 7.86. The minimum absolute atomic E-state index is 0.0641. The fourth-order valence-corrected chi connectivity index (χ4v) is 4.16. The lowest BCUT2D eigenvalue weighted by Gasteiger charge is -2.18. The van der Waals surface area contributed by atoms with Crippen molar-refractivity contribution >= 4 is 15.7 Å². The SMILES string of the molecule is O=C1[C@H](CS(=O)(=O)c2cccc(Oc3ccccc3)c2)NCCCN1O. The summed E-state index contributed by atoms with van der Waals surface area (Å²) in [5.74, 6) is -0.0833. The number of benzene rings is 2. The first-order chi connectivity index (χ1) is 12.5. The highest BCUT2D eigenvalue weighted by atomic mass is 32.2. The van der Waals surface area contributed by atoms with E-state index in [9.17, 15) is 18.4 Å². The van der Waals surface area contributed by atoms with Crippen molar-refractivity contribution in [2.45, 2.75) is 17.4 Å². The van der Waals surface area contributed by atoms with Crippen molar-refractivity contribution in [2.24, 2.45) is 0 Å². The summed E-state index contributed by atoms with van der Waals surface area (Å²) >= 11 is 0. The molecule has 7 nitrogen and oxygen atoms in total. The van der Waals surface area contributed by atoms with Crippen molar-refractivity contribution in [1.29, 1.82) is 0 Å². The zero-order valence-corrected chi connectivity index (χ0v) is 14.9. The number of hydrogen-bond acceptors (Lipinski definition) is 6. The molecule has 1 saturated heterocycles. The first kappa shape index (κ1) is 18.4. The number of ether oxygens (including phenoxy) is 1. The van der Waals surface area contributed by atoms with Crippen LogP contribution in [0.3, 0.4) is 0 Å². The summed E-state index contributed by atoms with van der Waals surface area (Å²) in [5, 5.41) is 13.1. The van der Waals surface area contributed by atoms with Crippen LogP contribution in [0.15, 0.2) is 59.5 Å². The third-order valence-electron chi connectivity index (χ3n) is 4.02. The topological polar surface area (TPSA) is 95.9 Å². The fraction of sp³-hybridized carbons (Fsp3) is 0.278. The number of rotatable bonds is 5. The molecule has 8 heteroatoms. The Hall–Kier alpha value is -2.42. The quantitative estimate of drug-likeness (QED) is 0.773. The Morgan fingerprint density at radius 1 is 1.12 bits per heavy atom. The second-order valence-electron chi connectivity index (χ2n) is 5.99. The van der Waals surface area contributed by atoms with Gasteiger partial charge >= 0.3 is 0 Å². The van der Waals surface area contributed by atoms with Gasteiger partial charge in [0, 0.05) is 6.54 Å². The van der Waals surface area contributed by atoms with Gasteiger partial charge in [0.05, 0.1) is 10.6 Å². The van der Waals surface area contributed by atoms with E-state index in [4.69, 9.17) is 4.74 Å². The van der Waals surface area contributed by atoms with E-state index in [0.717, 1.165) is 0 Å². The molecule has 138 valence electrons. The maximum atomic E-state index is 12.7. The minimum Gasteiger partial charge on any atom is -0.457 e.